The number of carbonyl (C=O) groups is 5. The number of nitrogens with one attached hydrogen (secondary N) is 2. The number of nitrogen functional groups attached to an aromatic ring is 1. The Morgan fingerprint density at radius 3 is 2.67 bits per heavy atom. The number of hydrogen-bond donors (Lipinski definition) is 5. The number of carboxylic acid groups (broad SMARTS) is 2. The molecular formula is C22H29N11O9S3. The highest BCUT2D eigenvalue weighted by Crippen LogP contribution is 2.44. The maximum atomic E-state index is 13.2. The number of β-lactam (4-membered cyclic amide) rings is 1. The summed E-state index contributed by atoms with van der Waals surface area (Å²) in [5.74, 6) is -3.77. The standard InChI is InChI=1S/C22H29N11O9S3/c1-21(2,3)42-20(40)24-4-5-41-28-11(13-26-18(23)45-29-13)14(36)25-12-15(37)32-7-22(17(38)39,8-43-16(12)32)9-44-19-27-30-31-33(19)6-10(34)35/h12,16H,4-9H2,1-3H3,(H,24,40)(H,25,36)(H,34,35)(H,38,39)(H2,23,26,29)/t12?,16-,22?/m1/s1. The number of rotatable bonds is 13. The van der Waals surface area contributed by atoms with Gasteiger partial charge in [-0.05, 0) is 31.2 Å². The average molecular weight is 688 g/mol. The van der Waals surface area contributed by atoms with Crippen LogP contribution in [0.15, 0.2) is 10.3 Å². The third-order valence-electron chi connectivity index (χ3n) is 6.03. The number of aliphatic carboxylic acids is 2. The summed E-state index contributed by atoms with van der Waals surface area (Å²) in [6.45, 7) is 4.35. The van der Waals surface area contributed by atoms with E-state index < -0.39 is 58.8 Å². The van der Waals surface area contributed by atoms with Crippen molar-refractivity contribution in [2.24, 2.45) is 10.6 Å². The van der Waals surface area contributed by atoms with Gasteiger partial charge in [-0.3, -0.25) is 19.2 Å². The molecule has 2 aromatic rings. The predicted molar refractivity (Wildman–Crippen MR) is 157 cm³/mol. The quantitative estimate of drug-likeness (QED) is 0.0538. The molecule has 3 atom stereocenters. The number of tetrazole rings is 1. The van der Waals surface area contributed by atoms with Crippen LogP contribution in [0.2, 0.25) is 0 Å². The second-order valence-electron chi connectivity index (χ2n) is 10.7. The minimum atomic E-state index is -1.40. The number of fused-ring (bicyclic) bond motifs is 1. The number of nitrogens with zero attached hydrogens (tertiary/aromatic N) is 8. The summed E-state index contributed by atoms with van der Waals surface area (Å²) in [5, 5.41) is 38.4. The highest BCUT2D eigenvalue weighted by Gasteiger charge is 2.57. The lowest BCUT2D eigenvalue weighted by molar-refractivity contribution is -0.157. The zero-order chi connectivity index (χ0) is 32.9. The molecule has 23 heteroatoms. The fourth-order valence-electron chi connectivity index (χ4n) is 3.98. The van der Waals surface area contributed by atoms with E-state index in [-0.39, 0.29) is 53.0 Å². The van der Waals surface area contributed by atoms with E-state index in [1.165, 1.54) is 16.7 Å². The highest BCUT2D eigenvalue weighted by molar-refractivity contribution is 8.00. The first-order valence-corrected chi connectivity index (χ1v) is 15.8. The van der Waals surface area contributed by atoms with Gasteiger partial charge in [-0.25, -0.2) is 9.48 Å². The molecule has 3 amide bonds. The Kier molecular flexibility index (Phi) is 10.3. The fourth-order valence-corrected chi connectivity index (χ4v) is 7.16. The molecule has 2 aromatic heterocycles. The molecule has 0 aliphatic carbocycles. The van der Waals surface area contributed by atoms with Crippen molar-refractivity contribution in [3.63, 3.8) is 0 Å². The van der Waals surface area contributed by atoms with Crippen molar-refractivity contribution in [1.29, 1.82) is 0 Å². The van der Waals surface area contributed by atoms with Crippen molar-refractivity contribution in [1.82, 2.24) is 45.1 Å². The van der Waals surface area contributed by atoms with Gasteiger partial charge in [0.2, 0.25) is 22.6 Å². The van der Waals surface area contributed by atoms with Crippen LogP contribution < -0.4 is 16.4 Å². The van der Waals surface area contributed by atoms with Crippen LogP contribution in [0, 0.1) is 5.41 Å². The van der Waals surface area contributed by atoms with E-state index in [2.05, 4.69) is 40.7 Å². The molecule has 20 nitrogen and oxygen atoms in total. The van der Waals surface area contributed by atoms with E-state index >= 15 is 0 Å². The number of anilines is 1. The zero-order valence-electron chi connectivity index (χ0n) is 24.0. The van der Waals surface area contributed by atoms with Gasteiger partial charge in [0.1, 0.15) is 35.6 Å². The van der Waals surface area contributed by atoms with Crippen molar-refractivity contribution in [2.45, 2.75) is 49.5 Å². The van der Waals surface area contributed by atoms with Crippen LogP contribution in [0.4, 0.5) is 9.93 Å². The summed E-state index contributed by atoms with van der Waals surface area (Å²) in [5.41, 5.74) is 3.22. The van der Waals surface area contributed by atoms with Crippen LogP contribution in [0.3, 0.4) is 0 Å². The molecule has 0 spiro atoms. The number of carbonyl (C=O) groups excluding carboxylic acids is 3. The van der Waals surface area contributed by atoms with Crippen LogP contribution in [-0.2, 0) is 35.3 Å². The lowest BCUT2D eigenvalue weighted by atomic mass is 9.89. The predicted octanol–water partition coefficient (Wildman–Crippen LogP) is -1.30. The molecule has 45 heavy (non-hydrogen) atoms. The van der Waals surface area contributed by atoms with Crippen LogP contribution >= 0.6 is 35.1 Å². The number of amides is 3. The van der Waals surface area contributed by atoms with E-state index in [4.69, 9.17) is 20.4 Å². The number of ether oxygens (including phenoxy) is 1. The topological polar surface area (TPSA) is 279 Å². The normalized spacial score (nSPS) is 21.4. The molecule has 0 bridgehead atoms. The molecule has 2 fully saturated rings. The number of alkyl carbamates (subject to hydrolysis) is 1. The van der Waals surface area contributed by atoms with Gasteiger partial charge in [0.25, 0.3) is 5.91 Å². The first-order valence-electron chi connectivity index (χ1n) is 13.0. The Labute approximate surface area is 267 Å². The largest absolute Gasteiger partial charge is 0.481 e. The first-order chi connectivity index (χ1) is 21.2. The molecule has 2 saturated heterocycles. The minimum Gasteiger partial charge on any atom is -0.481 e. The number of oxime groups is 1. The molecule has 2 aliphatic heterocycles. The van der Waals surface area contributed by atoms with Gasteiger partial charge < -0.3 is 41.1 Å². The maximum Gasteiger partial charge on any atom is 0.407 e. The summed E-state index contributed by atoms with van der Waals surface area (Å²) in [6.07, 6.45) is -0.663. The number of carboxylic acids is 2. The number of nitrogens with two attached hydrogens (primary N) is 1. The summed E-state index contributed by atoms with van der Waals surface area (Å²) < 4.78 is 10.1. The number of aromatic nitrogens is 6. The molecule has 0 radical (unpaired) electrons. The van der Waals surface area contributed by atoms with Crippen LogP contribution in [-0.4, -0.2) is 128 Å². The summed E-state index contributed by atoms with van der Waals surface area (Å²) in [6, 6.07) is -1.00. The molecule has 244 valence electrons. The van der Waals surface area contributed by atoms with Gasteiger partial charge in [0.05, 0.1) is 6.54 Å². The van der Waals surface area contributed by atoms with Crippen molar-refractivity contribution in [2.75, 3.05) is 36.9 Å². The van der Waals surface area contributed by atoms with Gasteiger partial charge in [0.15, 0.2) is 5.13 Å². The third-order valence-corrected chi connectivity index (χ3v) is 9.41. The van der Waals surface area contributed by atoms with Gasteiger partial charge in [-0.1, -0.05) is 16.9 Å². The molecule has 2 unspecified atom stereocenters. The van der Waals surface area contributed by atoms with Crippen LogP contribution in [0.5, 0.6) is 0 Å². The molecule has 6 N–H and O–H groups in total. The Balaban J connectivity index is 1.37. The Bertz CT molecular complexity index is 1490. The Hall–Kier alpha value is -4.25. The molecule has 0 saturated carbocycles. The monoisotopic (exact) mass is 687 g/mol. The summed E-state index contributed by atoms with van der Waals surface area (Å²) in [4.78, 5) is 72.0. The van der Waals surface area contributed by atoms with E-state index in [0.29, 0.717) is 0 Å². The lowest BCUT2D eigenvalue weighted by Gasteiger charge is -2.53. The van der Waals surface area contributed by atoms with Gasteiger partial charge in [0, 0.05) is 29.6 Å². The van der Waals surface area contributed by atoms with E-state index in [0.717, 1.165) is 28.0 Å². The smallest absolute Gasteiger partial charge is 0.407 e. The molecule has 2 aliphatic rings. The first kappa shape index (κ1) is 33.6. The van der Waals surface area contributed by atoms with Gasteiger partial charge in [-0.15, -0.1) is 16.9 Å². The molecule has 4 rings (SSSR count). The molecule has 0 aromatic carbocycles. The maximum absolute atomic E-state index is 13.2. The van der Waals surface area contributed by atoms with Gasteiger partial charge >= 0.3 is 18.0 Å². The molecule has 4 heterocycles. The Morgan fingerprint density at radius 1 is 1.27 bits per heavy atom. The third kappa shape index (κ3) is 8.27. The van der Waals surface area contributed by atoms with Crippen molar-refractivity contribution < 1.29 is 43.8 Å². The van der Waals surface area contributed by atoms with Crippen molar-refractivity contribution in [3.05, 3.63) is 5.82 Å². The summed E-state index contributed by atoms with van der Waals surface area (Å²) in [7, 11) is 0. The second-order valence-corrected chi connectivity index (χ2v) is 13.5. The average Bonchev–Trinajstić information content (AvgIpc) is 3.58. The van der Waals surface area contributed by atoms with E-state index in [9.17, 15) is 29.1 Å². The zero-order valence-corrected chi connectivity index (χ0v) is 26.5. The fraction of sp³-hybridized carbons (Fsp3) is 0.591. The van der Waals surface area contributed by atoms with Crippen molar-refractivity contribution in [3.8, 4) is 0 Å². The second kappa shape index (κ2) is 13.8. The van der Waals surface area contributed by atoms with Crippen molar-refractivity contribution >= 4 is 75.7 Å². The summed E-state index contributed by atoms with van der Waals surface area (Å²) >= 11 is 2.95. The highest BCUT2D eigenvalue weighted by atomic mass is 32.2. The SMILES string of the molecule is CC(C)(C)OC(=O)NCCON=C(C(=O)NC1C(=O)N2CC(CSc3nnnn3CC(=O)O)(C(=O)O)CS[C@H]12)c1nsc(N)n1. The number of hydrogen-bond acceptors (Lipinski definition) is 17. The van der Waals surface area contributed by atoms with E-state index in [1.807, 2.05) is 0 Å². The lowest BCUT2D eigenvalue weighted by Crippen LogP contribution is -2.74. The van der Waals surface area contributed by atoms with Crippen LogP contribution in [0.25, 0.3) is 0 Å². The van der Waals surface area contributed by atoms with E-state index in [1.54, 1.807) is 20.8 Å². The minimum absolute atomic E-state index is 0.00676. The van der Waals surface area contributed by atoms with Gasteiger partial charge in [-0.2, -0.15) is 9.36 Å². The van der Waals surface area contributed by atoms with Crippen LogP contribution in [0.1, 0.15) is 26.6 Å². The number of thioether (sulfide) groups is 2. The Morgan fingerprint density at radius 2 is 2.02 bits per heavy atom. The molecular weight excluding hydrogens is 659 g/mol.